The zero-order chi connectivity index (χ0) is 18.8. The van der Waals surface area contributed by atoms with Gasteiger partial charge < -0.3 is 19.4 Å². The standard InChI is InChI=1S/C18H29N5O3/c1-3-21-10-12-22(13-11-21)17(24)5-9-23(8-4-14-26-2)18(25)16-15-19-6-7-20-16/h6-7,15H,3-5,8-14H2,1-2H3. The lowest BCUT2D eigenvalue weighted by atomic mass is 10.2. The largest absolute Gasteiger partial charge is 0.385 e. The molecule has 0 unspecified atom stereocenters. The summed E-state index contributed by atoms with van der Waals surface area (Å²) in [6.45, 7) is 7.97. The van der Waals surface area contributed by atoms with Crippen molar-refractivity contribution in [3.63, 3.8) is 0 Å². The summed E-state index contributed by atoms with van der Waals surface area (Å²) >= 11 is 0. The second-order valence-electron chi connectivity index (χ2n) is 6.29. The monoisotopic (exact) mass is 363 g/mol. The van der Waals surface area contributed by atoms with Gasteiger partial charge in [-0.1, -0.05) is 6.92 Å². The van der Waals surface area contributed by atoms with Crippen LogP contribution >= 0.6 is 0 Å². The fourth-order valence-electron chi connectivity index (χ4n) is 2.99. The summed E-state index contributed by atoms with van der Waals surface area (Å²) in [6.07, 6.45) is 5.53. The Kier molecular flexibility index (Phi) is 8.43. The molecule has 0 bridgehead atoms. The first-order valence-corrected chi connectivity index (χ1v) is 9.20. The highest BCUT2D eigenvalue weighted by atomic mass is 16.5. The van der Waals surface area contributed by atoms with E-state index in [4.69, 9.17) is 4.74 Å². The minimum Gasteiger partial charge on any atom is -0.385 e. The van der Waals surface area contributed by atoms with Crippen LogP contribution in [0.4, 0.5) is 0 Å². The van der Waals surface area contributed by atoms with Crippen LogP contribution < -0.4 is 0 Å². The third-order valence-corrected chi connectivity index (χ3v) is 4.61. The fraction of sp³-hybridized carbons (Fsp3) is 0.667. The Morgan fingerprint density at radius 1 is 1.19 bits per heavy atom. The van der Waals surface area contributed by atoms with E-state index >= 15 is 0 Å². The molecule has 144 valence electrons. The van der Waals surface area contributed by atoms with Gasteiger partial charge in [0.15, 0.2) is 0 Å². The van der Waals surface area contributed by atoms with Crippen molar-refractivity contribution in [2.24, 2.45) is 0 Å². The Hall–Kier alpha value is -2.06. The maximum Gasteiger partial charge on any atom is 0.274 e. The predicted octanol–water partition coefficient (Wildman–Crippen LogP) is 0.510. The summed E-state index contributed by atoms with van der Waals surface area (Å²) in [5, 5.41) is 0. The maximum absolute atomic E-state index is 12.7. The number of hydrogen-bond acceptors (Lipinski definition) is 6. The highest BCUT2D eigenvalue weighted by Crippen LogP contribution is 2.07. The van der Waals surface area contributed by atoms with Gasteiger partial charge in [-0.2, -0.15) is 0 Å². The average molecular weight is 363 g/mol. The lowest BCUT2D eigenvalue weighted by Crippen LogP contribution is -2.49. The van der Waals surface area contributed by atoms with E-state index < -0.39 is 0 Å². The van der Waals surface area contributed by atoms with E-state index in [0.29, 0.717) is 38.2 Å². The fourth-order valence-corrected chi connectivity index (χ4v) is 2.99. The summed E-state index contributed by atoms with van der Waals surface area (Å²) in [5.74, 6) is -0.0951. The van der Waals surface area contributed by atoms with Gasteiger partial charge in [0.25, 0.3) is 5.91 Å². The summed E-state index contributed by atoms with van der Waals surface area (Å²) in [4.78, 5) is 39.1. The molecule has 2 amide bonds. The number of rotatable bonds is 9. The molecule has 1 aromatic rings. The normalized spacial score (nSPS) is 15.1. The average Bonchev–Trinajstić information content (AvgIpc) is 2.70. The Bertz CT molecular complexity index is 561. The zero-order valence-electron chi connectivity index (χ0n) is 15.8. The molecule has 0 saturated carbocycles. The molecule has 26 heavy (non-hydrogen) atoms. The Balaban J connectivity index is 1.89. The molecule has 1 saturated heterocycles. The number of ether oxygens (including phenoxy) is 1. The van der Waals surface area contributed by atoms with Gasteiger partial charge in [0.05, 0.1) is 6.20 Å². The quantitative estimate of drug-likeness (QED) is 0.595. The number of nitrogens with zero attached hydrogens (tertiary/aromatic N) is 5. The molecule has 0 spiro atoms. The minimum absolute atomic E-state index is 0.101. The molecule has 2 rings (SSSR count). The first-order chi connectivity index (χ1) is 12.7. The van der Waals surface area contributed by atoms with Crippen LogP contribution in [0, 0.1) is 0 Å². The van der Waals surface area contributed by atoms with Crippen LogP contribution in [-0.2, 0) is 9.53 Å². The Labute approximate surface area is 155 Å². The Morgan fingerprint density at radius 3 is 2.58 bits per heavy atom. The van der Waals surface area contributed by atoms with E-state index in [9.17, 15) is 9.59 Å². The van der Waals surface area contributed by atoms with Crippen LogP contribution in [0.3, 0.4) is 0 Å². The van der Waals surface area contributed by atoms with Crippen molar-refractivity contribution in [3.05, 3.63) is 24.3 Å². The van der Waals surface area contributed by atoms with Crippen molar-refractivity contribution in [2.75, 3.05) is 59.5 Å². The van der Waals surface area contributed by atoms with Crippen LogP contribution in [0.15, 0.2) is 18.6 Å². The van der Waals surface area contributed by atoms with Gasteiger partial charge in [0.1, 0.15) is 5.69 Å². The van der Waals surface area contributed by atoms with Crippen molar-refractivity contribution >= 4 is 11.8 Å². The van der Waals surface area contributed by atoms with Crippen molar-refractivity contribution in [2.45, 2.75) is 19.8 Å². The molecule has 1 aromatic heterocycles. The molecule has 1 fully saturated rings. The lowest BCUT2D eigenvalue weighted by molar-refractivity contribution is -0.133. The van der Waals surface area contributed by atoms with Crippen LogP contribution in [0.5, 0.6) is 0 Å². The molecule has 0 atom stereocenters. The molecule has 0 radical (unpaired) electrons. The maximum atomic E-state index is 12.7. The first kappa shape index (κ1) is 20.3. The number of carbonyl (C=O) groups excluding carboxylic acids is 2. The molecule has 1 aliphatic heterocycles. The minimum atomic E-state index is -0.196. The van der Waals surface area contributed by atoms with E-state index in [0.717, 1.165) is 32.7 Å². The molecular weight excluding hydrogens is 334 g/mol. The summed E-state index contributed by atoms with van der Waals surface area (Å²) in [5.41, 5.74) is 0.300. The number of hydrogen-bond donors (Lipinski definition) is 0. The van der Waals surface area contributed by atoms with Gasteiger partial charge in [-0.3, -0.25) is 14.6 Å². The van der Waals surface area contributed by atoms with Crippen molar-refractivity contribution < 1.29 is 14.3 Å². The van der Waals surface area contributed by atoms with Crippen molar-refractivity contribution in [1.82, 2.24) is 24.7 Å². The summed E-state index contributed by atoms with van der Waals surface area (Å²) in [7, 11) is 1.63. The third kappa shape index (κ3) is 6.03. The molecule has 0 aromatic carbocycles. The zero-order valence-corrected chi connectivity index (χ0v) is 15.8. The lowest BCUT2D eigenvalue weighted by Gasteiger charge is -2.34. The molecule has 0 N–H and O–H groups in total. The Morgan fingerprint density at radius 2 is 1.96 bits per heavy atom. The SMILES string of the molecule is CCN1CCN(C(=O)CCN(CCCOC)C(=O)c2cnccn2)CC1. The van der Waals surface area contributed by atoms with Crippen LogP contribution in [0.2, 0.25) is 0 Å². The molecular formula is C18H29N5O3. The van der Waals surface area contributed by atoms with Gasteiger partial charge in [-0.05, 0) is 13.0 Å². The number of methoxy groups -OCH3 is 1. The highest BCUT2D eigenvalue weighted by molar-refractivity contribution is 5.92. The predicted molar refractivity (Wildman–Crippen MR) is 97.7 cm³/mol. The second-order valence-corrected chi connectivity index (χ2v) is 6.29. The van der Waals surface area contributed by atoms with Gasteiger partial charge in [-0.15, -0.1) is 0 Å². The molecule has 2 heterocycles. The van der Waals surface area contributed by atoms with E-state index in [1.807, 2.05) is 4.90 Å². The van der Waals surface area contributed by atoms with E-state index in [1.54, 1.807) is 12.0 Å². The molecule has 8 heteroatoms. The van der Waals surface area contributed by atoms with Crippen LogP contribution in [0.1, 0.15) is 30.3 Å². The topological polar surface area (TPSA) is 78.9 Å². The summed E-state index contributed by atoms with van der Waals surface area (Å²) < 4.78 is 5.07. The van der Waals surface area contributed by atoms with Gasteiger partial charge >= 0.3 is 0 Å². The van der Waals surface area contributed by atoms with Crippen molar-refractivity contribution in [3.8, 4) is 0 Å². The number of piperazine rings is 1. The molecule has 1 aliphatic rings. The summed E-state index contributed by atoms with van der Waals surface area (Å²) in [6, 6.07) is 0. The van der Waals surface area contributed by atoms with Gasteiger partial charge in [-0.25, -0.2) is 4.98 Å². The van der Waals surface area contributed by atoms with E-state index in [-0.39, 0.29) is 11.8 Å². The number of carbonyl (C=O) groups is 2. The number of likely N-dealkylation sites (N-methyl/N-ethyl adjacent to an activating group) is 1. The smallest absolute Gasteiger partial charge is 0.274 e. The molecule has 8 nitrogen and oxygen atoms in total. The van der Waals surface area contributed by atoms with Crippen LogP contribution in [0.25, 0.3) is 0 Å². The second kappa shape index (κ2) is 10.8. The molecule has 0 aliphatic carbocycles. The third-order valence-electron chi connectivity index (χ3n) is 4.61. The van der Waals surface area contributed by atoms with Crippen molar-refractivity contribution in [1.29, 1.82) is 0 Å². The van der Waals surface area contributed by atoms with Gasteiger partial charge in [0, 0.05) is 71.8 Å². The van der Waals surface area contributed by atoms with E-state index in [2.05, 4.69) is 21.8 Å². The highest BCUT2D eigenvalue weighted by Gasteiger charge is 2.22. The first-order valence-electron chi connectivity index (χ1n) is 9.20. The number of aromatic nitrogens is 2. The van der Waals surface area contributed by atoms with Gasteiger partial charge in [0.2, 0.25) is 5.91 Å². The number of amides is 2. The van der Waals surface area contributed by atoms with Crippen LogP contribution in [-0.4, -0.2) is 96.0 Å². The van der Waals surface area contributed by atoms with E-state index in [1.165, 1.54) is 18.6 Å².